The Bertz CT molecular complexity index is 1760. The highest BCUT2D eigenvalue weighted by Gasteiger charge is 2.24. The Labute approximate surface area is 259 Å². The smallest absolute Gasteiger partial charge is 0.123 e. The second-order valence-electron chi connectivity index (χ2n) is 11.3. The summed E-state index contributed by atoms with van der Waals surface area (Å²) in [4.78, 5) is 0. The fourth-order valence-corrected chi connectivity index (χ4v) is 6.18. The van der Waals surface area contributed by atoms with Crippen LogP contribution in [0.1, 0.15) is 48.3 Å². The Morgan fingerprint density at radius 3 is 1.14 bits per heavy atom. The summed E-state index contributed by atoms with van der Waals surface area (Å²) >= 11 is 0. The molecule has 218 valence electrons. The molecule has 1 atom stereocenters. The number of aromatic hydroxyl groups is 3. The summed E-state index contributed by atoms with van der Waals surface area (Å²) < 4.78 is 0. The minimum atomic E-state index is -0.0277. The summed E-state index contributed by atoms with van der Waals surface area (Å²) in [6, 6.07) is 47.7. The molecule has 0 saturated carbocycles. The lowest BCUT2D eigenvalue weighted by Gasteiger charge is -2.26. The van der Waals surface area contributed by atoms with E-state index in [1.807, 2.05) is 109 Å². The standard InChI is InChI=1S/C41H36O3/c1-2-28(32-18-21-39(42)36(25-32)29-12-6-3-7-13-29)24-35(33-19-22-40(43)37(26-33)30-14-8-4-9-15-30)34-20-23-41(44)38(27-34)31-16-10-5-11-17-31/h3-23,25-28,35,42-44H,2,24H2,1H3. The third-order valence-corrected chi connectivity index (χ3v) is 8.61. The van der Waals surface area contributed by atoms with Crippen LogP contribution in [-0.4, -0.2) is 15.3 Å². The molecule has 0 fully saturated rings. The molecule has 3 N–H and O–H groups in total. The van der Waals surface area contributed by atoms with Gasteiger partial charge in [0.15, 0.2) is 0 Å². The first-order chi connectivity index (χ1) is 21.5. The van der Waals surface area contributed by atoms with Gasteiger partial charge in [0.1, 0.15) is 17.2 Å². The van der Waals surface area contributed by atoms with Crippen LogP contribution in [0.15, 0.2) is 146 Å². The zero-order chi connectivity index (χ0) is 30.5. The molecule has 3 nitrogen and oxygen atoms in total. The number of benzene rings is 6. The predicted molar refractivity (Wildman–Crippen MR) is 180 cm³/mol. The van der Waals surface area contributed by atoms with Gasteiger partial charge in [0.05, 0.1) is 0 Å². The van der Waals surface area contributed by atoms with Crippen molar-refractivity contribution in [3.63, 3.8) is 0 Å². The van der Waals surface area contributed by atoms with Gasteiger partial charge >= 0.3 is 0 Å². The molecule has 3 heteroatoms. The molecule has 0 amide bonds. The summed E-state index contributed by atoms with van der Waals surface area (Å²) in [5.41, 5.74) is 8.65. The van der Waals surface area contributed by atoms with Crippen LogP contribution in [0.2, 0.25) is 0 Å². The number of phenols is 3. The van der Waals surface area contributed by atoms with Crippen LogP contribution in [0.4, 0.5) is 0 Å². The van der Waals surface area contributed by atoms with Gasteiger partial charge in [0, 0.05) is 22.6 Å². The van der Waals surface area contributed by atoms with Crippen LogP contribution in [0.3, 0.4) is 0 Å². The van der Waals surface area contributed by atoms with E-state index in [2.05, 4.69) is 25.1 Å². The van der Waals surface area contributed by atoms with E-state index >= 15 is 0 Å². The Hall–Kier alpha value is -5.28. The van der Waals surface area contributed by atoms with E-state index in [1.54, 1.807) is 18.2 Å². The van der Waals surface area contributed by atoms with Crippen LogP contribution in [0.5, 0.6) is 17.2 Å². The third-order valence-electron chi connectivity index (χ3n) is 8.61. The topological polar surface area (TPSA) is 60.7 Å². The Balaban J connectivity index is 1.46. The molecule has 0 aliphatic carbocycles. The van der Waals surface area contributed by atoms with Crippen molar-refractivity contribution >= 4 is 0 Å². The van der Waals surface area contributed by atoms with Crippen molar-refractivity contribution in [3.05, 3.63) is 162 Å². The first-order valence-electron chi connectivity index (χ1n) is 15.2. The number of phenolic OH excluding ortho intramolecular Hbond substituents is 3. The van der Waals surface area contributed by atoms with Gasteiger partial charge in [-0.1, -0.05) is 116 Å². The Kier molecular flexibility index (Phi) is 8.47. The van der Waals surface area contributed by atoms with Gasteiger partial charge < -0.3 is 15.3 Å². The molecule has 6 rings (SSSR count). The van der Waals surface area contributed by atoms with Gasteiger partial charge in [-0.2, -0.15) is 0 Å². The van der Waals surface area contributed by atoms with E-state index in [4.69, 9.17) is 0 Å². The average Bonchev–Trinajstić information content (AvgIpc) is 3.08. The van der Waals surface area contributed by atoms with Crippen molar-refractivity contribution < 1.29 is 15.3 Å². The third kappa shape index (κ3) is 6.09. The van der Waals surface area contributed by atoms with Crippen molar-refractivity contribution in [2.75, 3.05) is 0 Å². The summed E-state index contributed by atoms with van der Waals surface area (Å²) in [6.07, 6.45) is 1.70. The van der Waals surface area contributed by atoms with Crippen molar-refractivity contribution in [1.29, 1.82) is 0 Å². The van der Waals surface area contributed by atoms with Crippen molar-refractivity contribution in [2.45, 2.75) is 31.6 Å². The van der Waals surface area contributed by atoms with Crippen molar-refractivity contribution in [2.24, 2.45) is 0 Å². The highest BCUT2D eigenvalue weighted by atomic mass is 16.3. The lowest BCUT2D eigenvalue weighted by molar-refractivity contribution is 0.476. The number of hydrogen-bond acceptors (Lipinski definition) is 3. The summed E-state index contributed by atoms with van der Waals surface area (Å²) in [6.45, 7) is 2.20. The molecule has 44 heavy (non-hydrogen) atoms. The SMILES string of the molecule is CCC(CC(c1ccc(O)c(-c2ccccc2)c1)c1ccc(O)c(-c2ccccc2)c1)c1ccc(O)c(-c2ccccc2)c1. The second kappa shape index (κ2) is 12.9. The number of hydrogen-bond donors (Lipinski definition) is 3. The molecule has 0 bridgehead atoms. The fraction of sp³-hybridized carbons (Fsp3) is 0.122. The summed E-state index contributed by atoms with van der Waals surface area (Å²) in [5.74, 6) is 0.911. The van der Waals surface area contributed by atoms with Gasteiger partial charge in [0.25, 0.3) is 0 Å². The zero-order valence-electron chi connectivity index (χ0n) is 24.8. The average molecular weight is 577 g/mol. The summed E-state index contributed by atoms with van der Waals surface area (Å²) in [5, 5.41) is 32.5. The summed E-state index contributed by atoms with van der Waals surface area (Å²) in [7, 11) is 0. The lowest BCUT2D eigenvalue weighted by Crippen LogP contribution is -2.09. The van der Waals surface area contributed by atoms with Crippen molar-refractivity contribution in [1.82, 2.24) is 0 Å². The van der Waals surface area contributed by atoms with Crippen LogP contribution in [0, 0.1) is 0 Å². The van der Waals surface area contributed by atoms with Gasteiger partial charge in [-0.25, -0.2) is 0 Å². The second-order valence-corrected chi connectivity index (χ2v) is 11.3. The fourth-order valence-electron chi connectivity index (χ4n) is 6.18. The minimum Gasteiger partial charge on any atom is -0.507 e. The van der Waals surface area contributed by atoms with Gasteiger partial charge in [-0.15, -0.1) is 0 Å². The van der Waals surface area contributed by atoms with Crippen LogP contribution in [0.25, 0.3) is 33.4 Å². The minimum absolute atomic E-state index is 0.0277. The molecule has 6 aromatic rings. The Morgan fingerprint density at radius 1 is 0.432 bits per heavy atom. The molecule has 0 aromatic heterocycles. The molecule has 0 aliphatic rings. The van der Waals surface area contributed by atoms with Gasteiger partial charge in [-0.05, 0) is 88.5 Å². The number of rotatable bonds is 9. The van der Waals surface area contributed by atoms with Crippen LogP contribution >= 0.6 is 0 Å². The first kappa shape index (κ1) is 28.8. The molecule has 0 spiro atoms. The first-order valence-corrected chi connectivity index (χ1v) is 15.2. The van der Waals surface area contributed by atoms with Crippen LogP contribution < -0.4 is 0 Å². The zero-order valence-corrected chi connectivity index (χ0v) is 24.8. The van der Waals surface area contributed by atoms with Crippen LogP contribution in [-0.2, 0) is 0 Å². The highest BCUT2D eigenvalue weighted by molar-refractivity contribution is 5.73. The molecular formula is C41H36O3. The maximum atomic E-state index is 10.9. The van der Waals surface area contributed by atoms with E-state index in [-0.39, 0.29) is 29.1 Å². The van der Waals surface area contributed by atoms with E-state index < -0.39 is 0 Å². The molecular weight excluding hydrogens is 540 g/mol. The molecule has 6 aromatic carbocycles. The molecule has 1 unspecified atom stereocenters. The molecule has 0 saturated heterocycles. The molecule has 0 heterocycles. The predicted octanol–water partition coefficient (Wildman–Crippen LogP) is 10.5. The maximum Gasteiger partial charge on any atom is 0.123 e. The van der Waals surface area contributed by atoms with E-state index in [0.717, 1.165) is 57.3 Å². The maximum absolute atomic E-state index is 10.9. The molecule has 0 radical (unpaired) electrons. The van der Waals surface area contributed by atoms with Crippen molar-refractivity contribution in [3.8, 4) is 50.6 Å². The van der Waals surface area contributed by atoms with Gasteiger partial charge in [-0.3, -0.25) is 0 Å². The Morgan fingerprint density at radius 2 is 0.773 bits per heavy atom. The highest BCUT2D eigenvalue weighted by Crippen LogP contribution is 2.43. The lowest BCUT2D eigenvalue weighted by atomic mass is 9.78. The van der Waals surface area contributed by atoms with E-state index in [9.17, 15) is 15.3 Å². The normalized spacial score (nSPS) is 11.9. The van der Waals surface area contributed by atoms with E-state index in [0.29, 0.717) is 0 Å². The largest absolute Gasteiger partial charge is 0.507 e. The monoisotopic (exact) mass is 576 g/mol. The van der Waals surface area contributed by atoms with Gasteiger partial charge in [0.2, 0.25) is 0 Å². The molecule has 0 aliphatic heterocycles. The van der Waals surface area contributed by atoms with E-state index in [1.165, 1.54) is 5.56 Å². The quantitative estimate of drug-likeness (QED) is 0.160.